The Kier molecular flexibility index (Phi) is 4.92. The SMILES string of the molecule is Cc1ccccc1SC1CCN(Cc2cc(=O)n3ccsc3n2)CC1. The summed E-state index contributed by atoms with van der Waals surface area (Å²) in [6, 6.07) is 10.3. The van der Waals surface area contributed by atoms with Crippen LogP contribution in [0.15, 0.2) is 51.6 Å². The molecule has 0 saturated carbocycles. The number of rotatable bonds is 4. The molecule has 2 aromatic heterocycles. The molecule has 0 amide bonds. The Morgan fingerprint density at radius 2 is 2.08 bits per heavy atom. The molecule has 0 N–H and O–H groups in total. The van der Waals surface area contributed by atoms with Gasteiger partial charge in [-0.1, -0.05) is 18.2 Å². The van der Waals surface area contributed by atoms with Crippen molar-refractivity contribution in [3.8, 4) is 0 Å². The molecule has 3 heterocycles. The normalized spacial score (nSPS) is 16.5. The second-order valence-electron chi connectivity index (χ2n) is 6.50. The van der Waals surface area contributed by atoms with Crippen molar-refractivity contribution < 1.29 is 0 Å². The van der Waals surface area contributed by atoms with Crippen LogP contribution in [0.1, 0.15) is 24.1 Å². The van der Waals surface area contributed by atoms with Gasteiger partial charge in [-0.05, 0) is 44.5 Å². The van der Waals surface area contributed by atoms with Gasteiger partial charge in [0.15, 0.2) is 4.96 Å². The molecule has 1 saturated heterocycles. The fraction of sp³-hybridized carbons (Fsp3) is 0.368. The van der Waals surface area contributed by atoms with Gasteiger partial charge in [0.25, 0.3) is 5.56 Å². The molecule has 4 nitrogen and oxygen atoms in total. The number of nitrogens with zero attached hydrogens (tertiary/aromatic N) is 3. The number of thiazole rings is 1. The zero-order valence-electron chi connectivity index (χ0n) is 14.2. The van der Waals surface area contributed by atoms with E-state index in [0.29, 0.717) is 5.25 Å². The number of likely N-dealkylation sites (tertiary alicyclic amines) is 1. The van der Waals surface area contributed by atoms with E-state index in [1.54, 1.807) is 16.7 Å². The molecule has 3 aromatic rings. The summed E-state index contributed by atoms with van der Waals surface area (Å²) in [5, 5.41) is 2.58. The van der Waals surface area contributed by atoms with Gasteiger partial charge in [-0.15, -0.1) is 23.1 Å². The molecule has 0 aliphatic carbocycles. The average molecular weight is 372 g/mol. The van der Waals surface area contributed by atoms with Crippen molar-refractivity contribution in [1.29, 1.82) is 0 Å². The van der Waals surface area contributed by atoms with Crippen molar-refractivity contribution in [3.63, 3.8) is 0 Å². The molecule has 0 spiro atoms. The number of piperidine rings is 1. The third-order valence-corrected chi connectivity index (χ3v) is 6.94. The van der Waals surface area contributed by atoms with E-state index in [-0.39, 0.29) is 5.56 Å². The first-order valence-corrected chi connectivity index (χ1v) is 10.4. The fourth-order valence-corrected chi connectivity index (χ4v) is 5.21. The smallest absolute Gasteiger partial charge is 0.258 e. The predicted octanol–water partition coefficient (Wildman–Crippen LogP) is 3.82. The predicted molar refractivity (Wildman–Crippen MR) is 105 cm³/mol. The van der Waals surface area contributed by atoms with Gasteiger partial charge in [0.2, 0.25) is 0 Å². The number of benzene rings is 1. The topological polar surface area (TPSA) is 37.6 Å². The average Bonchev–Trinajstić information content (AvgIpc) is 3.08. The van der Waals surface area contributed by atoms with Gasteiger partial charge in [0.05, 0.1) is 5.69 Å². The van der Waals surface area contributed by atoms with Crippen molar-refractivity contribution in [2.45, 2.75) is 36.5 Å². The van der Waals surface area contributed by atoms with Crippen molar-refractivity contribution >= 4 is 28.1 Å². The first kappa shape index (κ1) is 16.8. The summed E-state index contributed by atoms with van der Waals surface area (Å²) in [6.07, 6.45) is 4.14. The van der Waals surface area contributed by atoms with Crippen LogP contribution in [0.4, 0.5) is 0 Å². The quantitative estimate of drug-likeness (QED) is 0.699. The minimum absolute atomic E-state index is 0.0197. The molecular weight excluding hydrogens is 350 g/mol. The highest BCUT2D eigenvalue weighted by Crippen LogP contribution is 2.32. The van der Waals surface area contributed by atoms with Crippen LogP contribution in [-0.4, -0.2) is 32.6 Å². The van der Waals surface area contributed by atoms with Crippen LogP contribution in [0.2, 0.25) is 0 Å². The highest BCUT2D eigenvalue weighted by atomic mass is 32.2. The Hall–Kier alpha value is -1.63. The maximum atomic E-state index is 12.1. The van der Waals surface area contributed by atoms with Gasteiger partial charge >= 0.3 is 0 Å². The number of fused-ring (bicyclic) bond motifs is 1. The second-order valence-corrected chi connectivity index (χ2v) is 8.72. The van der Waals surface area contributed by atoms with Crippen molar-refractivity contribution in [2.24, 2.45) is 0 Å². The summed E-state index contributed by atoms with van der Waals surface area (Å²) < 4.78 is 1.61. The highest BCUT2D eigenvalue weighted by molar-refractivity contribution is 8.00. The summed E-state index contributed by atoms with van der Waals surface area (Å²) in [4.78, 5) is 21.3. The van der Waals surface area contributed by atoms with E-state index >= 15 is 0 Å². The van der Waals surface area contributed by atoms with Crippen LogP contribution in [0.3, 0.4) is 0 Å². The van der Waals surface area contributed by atoms with Crippen molar-refractivity contribution in [2.75, 3.05) is 13.1 Å². The fourth-order valence-electron chi connectivity index (χ4n) is 3.25. The number of thioether (sulfide) groups is 1. The minimum Gasteiger partial charge on any atom is -0.297 e. The Morgan fingerprint density at radius 3 is 2.88 bits per heavy atom. The van der Waals surface area contributed by atoms with Gasteiger partial charge in [-0.3, -0.25) is 14.1 Å². The second kappa shape index (κ2) is 7.32. The van der Waals surface area contributed by atoms with Crippen LogP contribution in [0.25, 0.3) is 4.96 Å². The summed E-state index contributed by atoms with van der Waals surface area (Å²) in [6.45, 7) is 5.08. The Bertz CT molecular complexity index is 926. The van der Waals surface area contributed by atoms with Gasteiger partial charge in [-0.25, -0.2) is 4.98 Å². The van der Waals surface area contributed by atoms with Crippen LogP contribution >= 0.6 is 23.1 Å². The standard InChI is InChI=1S/C19H21N3OS2/c1-14-4-2-3-5-17(14)25-16-6-8-21(9-7-16)13-15-12-18(23)22-10-11-24-19(22)20-15/h2-5,10-12,16H,6-9,13H2,1H3. The Morgan fingerprint density at radius 1 is 1.28 bits per heavy atom. The van der Waals surface area contributed by atoms with Gasteiger partial charge in [0, 0.05) is 34.3 Å². The van der Waals surface area contributed by atoms with Crippen LogP contribution in [0, 0.1) is 6.92 Å². The molecular formula is C19H21N3OS2. The van der Waals surface area contributed by atoms with E-state index in [4.69, 9.17) is 0 Å². The molecule has 0 unspecified atom stereocenters. The third-order valence-electron chi connectivity index (χ3n) is 4.66. The van der Waals surface area contributed by atoms with Crippen LogP contribution in [-0.2, 0) is 6.54 Å². The number of aromatic nitrogens is 2. The summed E-state index contributed by atoms with van der Waals surface area (Å²) in [5.74, 6) is 0. The van der Waals surface area contributed by atoms with E-state index in [1.807, 2.05) is 17.1 Å². The monoisotopic (exact) mass is 371 g/mol. The van der Waals surface area contributed by atoms with Crippen molar-refractivity contribution in [1.82, 2.24) is 14.3 Å². The third kappa shape index (κ3) is 3.81. The lowest BCUT2D eigenvalue weighted by atomic mass is 10.1. The lowest BCUT2D eigenvalue weighted by molar-refractivity contribution is 0.222. The van der Waals surface area contributed by atoms with Gasteiger partial charge < -0.3 is 0 Å². The maximum absolute atomic E-state index is 12.1. The molecule has 0 radical (unpaired) electrons. The van der Waals surface area contributed by atoms with Crippen LogP contribution in [0.5, 0.6) is 0 Å². The molecule has 1 aliphatic heterocycles. The largest absolute Gasteiger partial charge is 0.297 e. The van der Waals surface area contributed by atoms with E-state index in [0.717, 1.165) is 30.3 Å². The first-order valence-electron chi connectivity index (χ1n) is 8.59. The van der Waals surface area contributed by atoms with Gasteiger partial charge in [-0.2, -0.15) is 0 Å². The molecule has 25 heavy (non-hydrogen) atoms. The van der Waals surface area contributed by atoms with E-state index in [2.05, 4.69) is 41.1 Å². The zero-order chi connectivity index (χ0) is 17.2. The molecule has 130 valence electrons. The lowest BCUT2D eigenvalue weighted by Crippen LogP contribution is -2.35. The number of hydrogen-bond acceptors (Lipinski definition) is 5. The minimum atomic E-state index is 0.0197. The Balaban J connectivity index is 1.37. The van der Waals surface area contributed by atoms with E-state index < -0.39 is 0 Å². The molecule has 0 atom stereocenters. The molecule has 0 bridgehead atoms. The summed E-state index contributed by atoms with van der Waals surface area (Å²) in [5.41, 5.74) is 2.27. The van der Waals surface area contributed by atoms with Crippen LogP contribution < -0.4 is 5.56 Å². The number of hydrogen-bond donors (Lipinski definition) is 0. The highest BCUT2D eigenvalue weighted by Gasteiger charge is 2.21. The summed E-state index contributed by atoms with van der Waals surface area (Å²) in [7, 11) is 0. The van der Waals surface area contributed by atoms with Crippen molar-refractivity contribution in [3.05, 3.63) is 63.5 Å². The Labute approximate surface area is 155 Å². The molecule has 6 heteroatoms. The molecule has 1 fully saturated rings. The molecule has 1 aromatic carbocycles. The first-order chi connectivity index (χ1) is 12.2. The number of aryl methyl sites for hydroxylation is 1. The molecule has 1 aliphatic rings. The zero-order valence-corrected chi connectivity index (χ0v) is 15.9. The van der Waals surface area contributed by atoms with E-state index in [1.165, 1.54) is 34.6 Å². The maximum Gasteiger partial charge on any atom is 0.258 e. The van der Waals surface area contributed by atoms with E-state index in [9.17, 15) is 4.79 Å². The summed E-state index contributed by atoms with van der Waals surface area (Å²) >= 11 is 3.52. The molecule has 4 rings (SSSR count). The van der Waals surface area contributed by atoms with Gasteiger partial charge in [0.1, 0.15) is 0 Å². The lowest BCUT2D eigenvalue weighted by Gasteiger charge is -2.31.